The van der Waals surface area contributed by atoms with E-state index in [0.717, 1.165) is 4.31 Å². The Morgan fingerprint density at radius 1 is 1.25 bits per heavy atom. The summed E-state index contributed by atoms with van der Waals surface area (Å²) in [5.74, 6) is -4.61. The maximum absolute atomic E-state index is 13.5. The van der Waals surface area contributed by atoms with Crippen molar-refractivity contribution in [1.82, 2.24) is 4.31 Å². The average molecular weight is 326 g/mol. The molecule has 1 aromatic rings. The molecule has 1 aromatic carbocycles. The molecule has 0 aliphatic heterocycles. The number of sulfonamides is 1. The van der Waals surface area contributed by atoms with Crippen LogP contribution in [0, 0.1) is 17.5 Å². The van der Waals surface area contributed by atoms with Crippen LogP contribution >= 0.6 is 12.2 Å². The van der Waals surface area contributed by atoms with E-state index in [0.29, 0.717) is 12.1 Å². The minimum Gasteiger partial charge on any atom is -0.392 e. The van der Waals surface area contributed by atoms with Crippen molar-refractivity contribution in [2.45, 2.75) is 12.7 Å². The van der Waals surface area contributed by atoms with E-state index in [1.807, 2.05) is 0 Å². The molecule has 0 bridgehead atoms. The lowest BCUT2D eigenvalue weighted by Crippen LogP contribution is -2.38. The van der Waals surface area contributed by atoms with Gasteiger partial charge in [-0.2, -0.15) is 4.31 Å². The van der Waals surface area contributed by atoms with Gasteiger partial charge >= 0.3 is 0 Å². The number of halogens is 3. The summed E-state index contributed by atoms with van der Waals surface area (Å²) in [4.78, 5) is -0.0406. The first kappa shape index (κ1) is 16.9. The molecule has 0 heterocycles. The van der Waals surface area contributed by atoms with Crippen LogP contribution in [0.15, 0.2) is 12.1 Å². The number of hydrogen-bond acceptors (Lipinski definition) is 3. The fourth-order valence-corrected chi connectivity index (χ4v) is 3.31. The van der Waals surface area contributed by atoms with Gasteiger partial charge in [0.25, 0.3) is 0 Å². The normalized spacial score (nSPS) is 11.8. The highest BCUT2D eigenvalue weighted by molar-refractivity contribution is 7.88. The first-order chi connectivity index (χ1) is 9.17. The Bertz CT molecular complexity index is 620. The number of rotatable bonds is 6. The molecule has 0 fully saturated rings. The van der Waals surface area contributed by atoms with Crippen LogP contribution in [0.2, 0.25) is 0 Å². The number of thiocarbonyl (C=S) groups is 1. The fourth-order valence-electron chi connectivity index (χ4n) is 1.54. The van der Waals surface area contributed by atoms with Crippen molar-refractivity contribution in [2.24, 2.45) is 5.73 Å². The number of nitrogens with zero attached hydrogens (tertiary/aromatic N) is 1. The second-order valence-electron chi connectivity index (χ2n) is 4.01. The highest BCUT2D eigenvalue weighted by Crippen LogP contribution is 2.18. The van der Waals surface area contributed by atoms with Gasteiger partial charge in [0.05, 0.1) is 17.3 Å². The second-order valence-corrected chi connectivity index (χ2v) is 6.50. The molecule has 0 radical (unpaired) electrons. The Kier molecular flexibility index (Phi) is 5.49. The van der Waals surface area contributed by atoms with Gasteiger partial charge in [-0.3, -0.25) is 0 Å². The average Bonchev–Trinajstić information content (AvgIpc) is 2.32. The molecule has 4 nitrogen and oxygen atoms in total. The topological polar surface area (TPSA) is 63.4 Å². The lowest BCUT2D eigenvalue weighted by molar-refractivity contribution is 0.463. The summed E-state index contributed by atoms with van der Waals surface area (Å²) in [6.45, 7) is 1.43. The summed E-state index contributed by atoms with van der Waals surface area (Å²) in [7, 11) is -3.94. The number of likely N-dealkylation sites (N-methyl/N-ethyl adjacent to an activating group) is 1. The monoisotopic (exact) mass is 326 g/mol. The van der Waals surface area contributed by atoms with Gasteiger partial charge in [0.2, 0.25) is 10.0 Å². The van der Waals surface area contributed by atoms with E-state index in [9.17, 15) is 21.6 Å². The zero-order valence-corrected chi connectivity index (χ0v) is 12.2. The van der Waals surface area contributed by atoms with Crippen molar-refractivity contribution >= 4 is 27.2 Å². The highest BCUT2D eigenvalue weighted by Gasteiger charge is 2.24. The van der Waals surface area contributed by atoms with Gasteiger partial charge in [-0.15, -0.1) is 0 Å². The van der Waals surface area contributed by atoms with Gasteiger partial charge in [0.15, 0.2) is 11.6 Å². The quantitative estimate of drug-likeness (QED) is 0.636. The van der Waals surface area contributed by atoms with Crippen molar-refractivity contribution < 1.29 is 21.6 Å². The molecule has 0 aromatic heterocycles. The van der Waals surface area contributed by atoms with Gasteiger partial charge in [-0.1, -0.05) is 19.1 Å². The van der Waals surface area contributed by atoms with Crippen LogP contribution in [0.3, 0.4) is 0 Å². The summed E-state index contributed by atoms with van der Waals surface area (Å²) in [6, 6.07) is 0.834. The van der Waals surface area contributed by atoms with Crippen LogP contribution < -0.4 is 5.73 Å². The van der Waals surface area contributed by atoms with E-state index in [4.69, 9.17) is 5.73 Å². The largest absolute Gasteiger partial charge is 0.392 e. The van der Waals surface area contributed by atoms with E-state index in [-0.39, 0.29) is 18.1 Å². The Balaban J connectivity index is 3.07. The molecule has 112 valence electrons. The molecule has 0 aliphatic rings. The third kappa shape index (κ3) is 4.15. The van der Waals surface area contributed by atoms with E-state index in [1.165, 1.54) is 0 Å². The molecule has 9 heteroatoms. The molecule has 0 amide bonds. The molecular formula is C11H13F3N2O2S2. The van der Waals surface area contributed by atoms with E-state index in [2.05, 4.69) is 12.2 Å². The maximum Gasteiger partial charge on any atom is 0.218 e. The third-order valence-electron chi connectivity index (χ3n) is 2.51. The number of nitrogens with two attached hydrogens (primary N) is 1. The first-order valence-corrected chi connectivity index (χ1v) is 7.58. The highest BCUT2D eigenvalue weighted by atomic mass is 32.2. The number of hydrogen-bond donors (Lipinski definition) is 1. The smallest absolute Gasteiger partial charge is 0.218 e. The van der Waals surface area contributed by atoms with Gasteiger partial charge < -0.3 is 5.73 Å². The minimum atomic E-state index is -3.94. The van der Waals surface area contributed by atoms with E-state index >= 15 is 0 Å². The van der Waals surface area contributed by atoms with Gasteiger partial charge in [-0.25, -0.2) is 21.6 Å². The molecule has 20 heavy (non-hydrogen) atoms. The van der Waals surface area contributed by atoms with Crippen molar-refractivity contribution in [1.29, 1.82) is 0 Å². The first-order valence-electron chi connectivity index (χ1n) is 5.57. The molecule has 1 rings (SSSR count). The predicted molar refractivity (Wildman–Crippen MR) is 73.0 cm³/mol. The second kappa shape index (κ2) is 6.51. The van der Waals surface area contributed by atoms with Crippen molar-refractivity contribution in [3.8, 4) is 0 Å². The summed E-state index contributed by atoms with van der Waals surface area (Å²) in [6.07, 6.45) is 0. The minimum absolute atomic E-state index is 0.0406. The molecular weight excluding hydrogens is 313 g/mol. The molecule has 0 unspecified atom stereocenters. The molecule has 2 N–H and O–H groups in total. The standard InChI is InChI=1S/C11H13F3N2O2S2/c1-2-16(5-11(15)19)20(17,18)6-7-3-9(13)10(14)4-8(7)12/h3-4H,2,5-6H2,1H3,(H2,15,19). The van der Waals surface area contributed by atoms with Crippen LogP contribution in [-0.2, 0) is 15.8 Å². The molecule has 0 atom stereocenters. The zero-order valence-electron chi connectivity index (χ0n) is 10.6. The van der Waals surface area contributed by atoms with Crippen LogP contribution in [-0.4, -0.2) is 30.8 Å². The van der Waals surface area contributed by atoms with Gasteiger partial charge in [-0.05, 0) is 6.07 Å². The Hall–Kier alpha value is -1.19. The summed E-state index contributed by atoms with van der Waals surface area (Å²) >= 11 is 4.62. The lowest BCUT2D eigenvalue weighted by Gasteiger charge is -2.19. The van der Waals surface area contributed by atoms with Crippen molar-refractivity contribution in [3.05, 3.63) is 35.1 Å². The summed E-state index contributed by atoms with van der Waals surface area (Å²) in [5.41, 5.74) is 4.82. The zero-order chi connectivity index (χ0) is 15.5. The summed E-state index contributed by atoms with van der Waals surface area (Å²) in [5, 5.41) is 0. The van der Waals surface area contributed by atoms with E-state index in [1.54, 1.807) is 6.92 Å². The maximum atomic E-state index is 13.5. The van der Waals surface area contributed by atoms with Crippen LogP contribution in [0.1, 0.15) is 12.5 Å². The number of benzene rings is 1. The van der Waals surface area contributed by atoms with E-state index < -0.39 is 38.8 Å². The Morgan fingerprint density at radius 3 is 2.30 bits per heavy atom. The van der Waals surface area contributed by atoms with Crippen molar-refractivity contribution in [2.75, 3.05) is 13.1 Å². The van der Waals surface area contributed by atoms with Crippen molar-refractivity contribution in [3.63, 3.8) is 0 Å². The molecule has 0 aliphatic carbocycles. The Labute approximate surface area is 120 Å². The van der Waals surface area contributed by atoms with Crippen LogP contribution in [0.25, 0.3) is 0 Å². The van der Waals surface area contributed by atoms with Gasteiger partial charge in [0, 0.05) is 18.2 Å². The molecule has 0 saturated carbocycles. The molecule has 0 saturated heterocycles. The Morgan fingerprint density at radius 2 is 1.80 bits per heavy atom. The SMILES string of the molecule is CCN(CC(N)=S)S(=O)(=O)Cc1cc(F)c(F)cc1F. The van der Waals surface area contributed by atoms with Crippen LogP contribution in [0.5, 0.6) is 0 Å². The summed E-state index contributed by atoms with van der Waals surface area (Å²) < 4.78 is 64.3. The lowest BCUT2D eigenvalue weighted by atomic mass is 10.2. The fraction of sp³-hybridized carbons (Fsp3) is 0.364. The molecule has 0 spiro atoms. The van der Waals surface area contributed by atoms with Gasteiger partial charge in [0.1, 0.15) is 5.82 Å². The predicted octanol–water partition coefficient (Wildman–Crippen LogP) is 1.54. The third-order valence-corrected chi connectivity index (χ3v) is 4.48. The van der Waals surface area contributed by atoms with Crippen LogP contribution in [0.4, 0.5) is 13.2 Å².